The third-order valence-corrected chi connectivity index (χ3v) is 6.83. The molecule has 2 fully saturated rings. The van der Waals surface area contributed by atoms with Gasteiger partial charge in [-0.25, -0.2) is 0 Å². The van der Waals surface area contributed by atoms with Crippen LogP contribution in [0.15, 0.2) is 30.3 Å². The highest BCUT2D eigenvalue weighted by Crippen LogP contribution is 2.46. The lowest BCUT2D eigenvalue weighted by Gasteiger charge is -2.46. The number of benzene rings is 1. The SMILES string of the molecule is CCCCCCCCCCC[C@H]1CCC[C@]2(C)OC[C@@H](c3ccccc3)N12. The van der Waals surface area contributed by atoms with Crippen LogP contribution in [0.4, 0.5) is 0 Å². The Hall–Kier alpha value is -0.860. The minimum atomic E-state index is -0.0390. The summed E-state index contributed by atoms with van der Waals surface area (Å²) < 4.78 is 6.36. The quantitative estimate of drug-likeness (QED) is 0.380. The van der Waals surface area contributed by atoms with Gasteiger partial charge in [-0.15, -0.1) is 0 Å². The van der Waals surface area contributed by atoms with E-state index in [9.17, 15) is 0 Å². The van der Waals surface area contributed by atoms with Gasteiger partial charge in [0, 0.05) is 6.04 Å². The molecule has 2 heteroatoms. The van der Waals surface area contributed by atoms with Gasteiger partial charge in [0.15, 0.2) is 0 Å². The van der Waals surface area contributed by atoms with Crippen molar-refractivity contribution in [1.29, 1.82) is 0 Å². The molecule has 3 atom stereocenters. The summed E-state index contributed by atoms with van der Waals surface area (Å²) in [5.41, 5.74) is 1.39. The van der Waals surface area contributed by atoms with Crippen LogP contribution < -0.4 is 0 Å². The zero-order chi connectivity index (χ0) is 19.0. The Bertz CT molecular complexity index is 530. The lowest BCUT2D eigenvalue weighted by Crippen LogP contribution is -2.52. The van der Waals surface area contributed by atoms with E-state index in [1.165, 1.54) is 89.0 Å². The molecular weight excluding hydrogens is 330 g/mol. The van der Waals surface area contributed by atoms with Gasteiger partial charge in [0.1, 0.15) is 5.72 Å². The molecule has 1 aromatic rings. The average Bonchev–Trinajstić information content (AvgIpc) is 3.05. The van der Waals surface area contributed by atoms with Crippen LogP contribution in [0.5, 0.6) is 0 Å². The van der Waals surface area contributed by atoms with Gasteiger partial charge in [-0.2, -0.15) is 0 Å². The number of nitrogens with zero attached hydrogens (tertiary/aromatic N) is 1. The van der Waals surface area contributed by atoms with Gasteiger partial charge in [-0.05, 0) is 38.2 Å². The molecule has 2 saturated heterocycles. The standard InChI is InChI=1S/C25H41NO/c1-3-4-5-6-7-8-9-10-14-18-23-19-15-20-25(2)26(23)24(21-27-25)22-16-12-11-13-17-22/h11-13,16-17,23-24H,3-10,14-15,18-21H2,1-2H3/t23-,24-,25-/m0/s1. The molecule has 2 heterocycles. The van der Waals surface area contributed by atoms with Gasteiger partial charge >= 0.3 is 0 Å². The van der Waals surface area contributed by atoms with Crippen molar-refractivity contribution < 1.29 is 4.74 Å². The molecule has 2 aliphatic rings. The van der Waals surface area contributed by atoms with E-state index in [1.54, 1.807) is 0 Å². The second-order valence-electron chi connectivity index (χ2n) is 8.98. The molecule has 0 radical (unpaired) electrons. The first-order chi connectivity index (χ1) is 13.2. The molecule has 0 N–H and O–H groups in total. The van der Waals surface area contributed by atoms with Crippen molar-refractivity contribution in [3.05, 3.63) is 35.9 Å². The second kappa shape index (κ2) is 10.6. The van der Waals surface area contributed by atoms with Crippen LogP contribution in [0.3, 0.4) is 0 Å². The Morgan fingerprint density at radius 3 is 2.33 bits per heavy atom. The maximum Gasteiger partial charge on any atom is 0.119 e. The average molecular weight is 372 g/mol. The van der Waals surface area contributed by atoms with Crippen molar-refractivity contribution in [2.24, 2.45) is 0 Å². The van der Waals surface area contributed by atoms with E-state index in [0.29, 0.717) is 12.1 Å². The van der Waals surface area contributed by atoms with Gasteiger partial charge in [-0.1, -0.05) is 95.0 Å². The van der Waals surface area contributed by atoms with Gasteiger partial charge in [-0.3, -0.25) is 4.90 Å². The highest BCUT2D eigenvalue weighted by atomic mass is 16.5. The minimum Gasteiger partial charge on any atom is -0.359 e. The number of hydrogen-bond acceptors (Lipinski definition) is 2. The normalized spacial score (nSPS) is 28.4. The van der Waals surface area contributed by atoms with Crippen LogP contribution in [0.2, 0.25) is 0 Å². The van der Waals surface area contributed by atoms with Crippen LogP contribution in [-0.2, 0) is 4.74 Å². The predicted molar refractivity (Wildman–Crippen MR) is 115 cm³/mol. The molecule has 0 unspecified atom stereocenters. The van der Waals surface area contributed by atoms with Gasteiger partial charge < -0.3 is 4.74 Å². The van der Waals surface area contributed by atoms with Crippen LogP contribution in [0.1, 0.15) is 109 Å². The third kappa shape index (κ3) is 5.57. The van der Waals surface area contributed by atoms with Crippen LogP contribution >= 0.6 is 0 Å². The molecule has 2 aliphatic heterocycles. The van der Waals surface area contributed by atoms with E-state index < -0.39 is 0 Å². The van der Waals surface area contributed by atoms with E-state index in [0.717, 1.165) is 6.61 Å². The van der Waals surface area contributed by atoms with Gasteiger partial charge in [0.05, 0.1) is 12.6 Å². The van der Waals surface area contributed by atoms with Crippen molar-refractivity contribution in [2.45, 2.75) is 115 Å². The number of piperidine rings is 1. The van der Waals surface area contributed by atoms with Crippen LogP contribution in [-0.4, -0.2) is 23.3 Å². The molecule has 152 valence electrons. The Labute approximate surface area is 167 Å². The molecule has 0 bridgehead atoms. The third-order valence-electron chi connectivity index (χ3n) is 6.83. The molecule has 0 saturated carbocycles. The molecular formula is C25H41NO. The lowest BCUT2D eigenvalue weighted by molar-refractivity contribution is -0.117. The summed E-state index contributed by atoms with van der Waals surface area (Å²) in [6.07, 6.45) is 17.9. The summed E-state index contributed by atoms with van der Waals surface area (Å²) in [7, 11) is 0. The fourth-order valence-corrected chi connectivity index (χ4v) is 5.30. The highest BCUT2D eigenvalue weighted by molar-refractivity contribution is 5.21. The summed E-state index contributed by atoms with van der Waals surface area (Å²) in [6.45, 7) is 5.48. The summed E-state index contributed by atoms with van der Waals surface area (Å²) in [5.74, 6) is 0. The zero-order valence-corrected chi connectivity index (χ0v) is 17.8. The van der Waals surface area contributed by atoms with Gasteiger partial charge in [0.2, 0.25) is 0 Å². The number of fused-ring (bicyclic) bond motifs is 1. The molecule has 0 amide bonds. The number of rotatable bonds is 11. The second-order valence-corrected chi connectivity index (χ2v) is 8.98. The molecule has 27 heavy (non-hydrogen) atoms. The fourth-order valence-electron chi connectivity index (χ4n) is 5.30. The van der Waals surface area contributed by atoms with E-state index in [4.69, 9.17) is 4.74 Å². The van der Waals surface area contributed by atoms with Crippen molar-refractivity contribution in [3.8, 4) is 0 Å². The van der Waals surface area contributed by atoms with Crippen LogP contribution in [0, 0.1) is 0 Å². The van der Waals surface area contributed by atoms with E-state index in [1.807, 2.05) is 0 Å². The molecule has 0 spiro atoms. The smallest absolute Gasteiger partial charge is 0.119 e. The maximum absolute atomic E-state index is 6.36. The number of ether oxygens (including phenoxy) is 1. The monoisotopic (exact) mass is 371 g/mol. The molecule has 2 nitrogen and oxygen atoms in total. The number of hydrogen-bond donors (Lipinski definition) is 0. The largest absolute Gasteiger partial charge is 0.359 e. The number of unbranched alkanes of at least 4 members (excludes halogenated alkanes) is 8. The molecule has 1 aromatic carbocycles. The van der Waals surface area contributed by atoms with Crippen LogP contribution in [0.25, 0.3) is 0 Å². The Balaban J connectivity index is 1.45. The Kier molecular flexibility index (Phi) is 8.21. The summed E-state index contributed by atoms with van der Waals surface area (Å²) >= 11 is 0. The predicted octanol–water partition coefficient (Wildman–Crippen LogP) is 7.25. The first-order valence-corrected chi connectivity index (χ1v) is 11.7. The summed E-state index contributed by atoms with van der Waals surface area (Å²) in [5, 5.41) is 0. The summed E-state index contributed by atoms with van der Waals surface area (Å²) in [4.78, 5) is 2.75. The first-order valence-electron chi connectivity index (χ1n) is 11.7. The molecule has 0 aromatic heterocycles. The maximum atomic E-state index is 6.36. The van der Waals surface area contributed by atoms with Crippen molar-refractivity contribution in [2.75, 3.05) is 6.61 Å². The minimum absolute atomic E-state index is 0.0390. The highest BCUT2D eigenvalue weighted by Gasteiger charge is 2.49. The first kappa shape index (κ1) is 20.9. The van der Waals surface area contributed by atoms with Crippen molar-refractivity contribution in [1.82, 2.24) is 4.90 Å². The lowest BCUT2D eigenvalue weighted by atomic mass is 9.88. The van der Waals surface area contributed by atoms with Crippen molar-refractivity contribution >= 4 is 0 Å². The Morgan fingerprint density at radius 1 is 0.963 bits per heavy atom. The Morgan fingerprint density at radius 2 is 1.63 bits per heavy atom. The van der Waals surface area contributed by atoms with E-state index in [2.05, 4.69) is 49.1 Å². The van der Waals surface area contributed by atoms with E-state index >= 15 is 0 Å². The molecule has 3 rings (SSSR count). The topological polar surface area (TPSA) is 12.5 Å². The van der Waals surface area contributed by atoms with Crippen molar-refractivity contribution in [3.63, 3.8) is 0 Å². The zero-order valence-electron chi connectivity index (χ0n) is 17.8. The molecule has 0 aliphatic carbocycles. The van der Waals surface area contributed by atoms with E-state index in [-0.39, 0.29) is 5.72 Å². The summed E-state index contributed by atoms with van der Waals surface area (Å²) in [6, 6.07) is 12.2. The fraction of sp³-hybridized carbons (Fsp3) is 0.760. The van der Waals surface area contributed by atoms with Gasteiger partial charge in [0.25, 0.3) is 0 Å².